The van der Waals surface area contributed by atoms with E-state index in [0.717, 1.165) is 30.9 Å². The molecule has 4 heteroatoms. The van der Waals surface area contributed by atoms with Gasteiger partial charge < -0.3 is 10.2 Å². The van der Waals surface area contributed by atoms with Crippen molar-refractivity contribution in [1.29, 1.82) is 0 Å². The van der Waals surface area contributed by atoms with Crippen LogP contribution in [0.2, 0.25) is 0 Å². The van der Waals surface area contributed by atoms with E-state index in [-0.39, 0.29) is 5.82 Å². The summed E-state index contributed by atoms with van der Waals surface area (Å²) in [5.74, 6) is -0.0774. The van der Waals surface area contributed by atoms with Gasteiger partial charge in [0.15, 0.2) is 0 Å². The van der Waals surface area contributed by atoms with E-state index in [2.05, 4.69) is 30.1 Å². The summed E-state index contributed by atoms with van der Waals surface area (Å²) >= 11 is 2.00. The third-order valence-corrected chi connectivity index (χ3v) is 5.19. The molecule has 1 saturated carbocycles. The van der Waals surface area contributed by atoms with Crippen LogP contribution in [0.15, 0.2) is 18.2 Å². The normalized spacial score (nSPS) is 26.9. The Morgan fingerprint density at radius 1 is 1.25 bits per heavy atom. The quantitative estimate of drug-likeness (QED) is 0.916. The second kappa shape index (κ2) is 5.94. The lowest BCUT2D eigenvalue weighted by Gasteiger charge is -2.37. The largest absolute Gasteiger partial charge is 0.367 e. The SMILES string of the molecule is CC1CN(c2c(F)cccc2CNC2CC2)CC(C)S1. The smallest absolute Gasteiger partial charge is 0.146 e. The van der Waals surface area contributed by atoms with Crippen molar-refractivity contribution in [2.24, 2.45) is 0 Å². The van der Waals surface area contributed by atoms with Crippen LogP contribution in [0.5, 0.6) is 0 Å². The van der Waals surface area contributed by atoms with Crippen molar-refractivity contribution < 1.29 is 4.39 Å². The summed E-state index contributed by atoms with van der Waals surface area (Å²) in [4.78, 5) is 2.24. The van der Waals surface area contributed by atoms with Gasteiger partial charge in [-0.2, -0.15) is 11.8 Å². The van der Waals surface area contributed by atoms with Crippen molar-refractivity contribution in [2.75, 3.05) is 18.0 Å². The number of hydrogen-bond donors (Lipinski definition) is 1. The maximum Gasteiger partial charge on any atom is 0.146 e. The molecule has 0 bridgehead atoms. The zero-order valence-corrected chi connectivity index (χ0v) is 13.0. The summed E-state index contributed by atoms with van der Waals surface area (Å²) < 4.78 is 14.4. The van der Waals surface area contributed by atoms with Crippen molar-refractivity contribution >= 4 is 17.4 Å². The molecule has 2 atom stereocenters. The van der Waals surface area contributed by atoms with E-state index in [4.69, 9.17) is 0 Å². The van der Waals surface area contributed by atoms with Gasteiger partial charge in [-0.05, 0) is 24.5 Å². The highest BCUT2D eigenvalue weighted by molar-refractivity contribution is 8.00. The highest BCUT2D eigenvalue weighted by Gasteiger charge is 2.27. The molecule has 2 aliphatic rings. The zero-order valence-electron chi connectivity index (χ0n) is 12.2. The number of halogens is 1. The number of anilines is 1. The second-order valence-electron chi connectivity index (χ2n) is 6.07. The molecule has 2 unspecified atom stereocenters. The lowest BCUT2D eigenvalue weighted by molar-refractivity contribution is 0.602. The molecule has 0 spiro atoms. The van der Waals surface area contributed by atoms with E-state index in [1.165, 1.54) is 12.8 Å². The van der Waals surface area contributed by atoms with Crippen LogP contribution in [0.25, 0.3) is 0 Å². The molecule has 2 fully saturated rings. The van der Waals surface area contributed by atoms with Crippen LogP contribution >= 0.6 is 11.8 Å². The third-order valence-electron chi connectivity index (χ3n) is 3.96. The first-order valence-electron chi connectivity index (χ1n) is 7.54. The Morgan fingerprint density at radius 3 is 2.60 bits per heavy atom. The molecule has 20 heavy (non-hydrogen) atoms. The van der Waals surface area contributed by atoms with Crippen molar-refractivity contribution in [1.82, 2.24) is 5.32 Å². The Morgan fingerprint density at radius 2 is 1.95 bits per heavy atom. The van der Waals surface area contributed by atoms with Gasteiger partial charge >= 0.3 is 0 Å². The average molecular weight is 294 g/mol. The minimum Gasteiger partial charge on any atom is -0.367 e. The predicted octanol–water partition coefficient (Wildman–Crippen LogP) is 3.41. The van der Waals surface area contributed by atoms with Gasteiger partial charge in [0.2, 0.25) is 0 Å². The predicted molar refractivity (Wildman–Crippen MR) is 85.0 cm³/mol. The number of benzene rings is 1. The molecule has 1 heterocycles. The van der Waals surface area contributed by atoms with E-state index < -0.39 is 0 Å². The van der Waals surface area contributed by atoms with Crippen molar-refractivity contribution in [3.05, 3.63) is 29.6 Å². The highest BCUT2D eigenvalue weighted by atomic mass is 32.2. The van der Waals surface area contributed by atoms with Gasteiger partial charge in [0.25, 0.3) is 0 Å². The fourth-order valence-electron chi connectivity index (χ4n) is 2.96. The average Bonchev–Trinajstić information content (AvgIpc) is 3.19. The van der Waals surface area contributed by atoms with Crippen molar-refractivity contribution in [3.63, 3.8) is 0 Å². The van der Waals surface area contributed by atoms with Crippen LogP contribution in [-0.4, -0.2) is 29.6 Å². The van der Waals surface area contributed by atoms with E-state index in [0.29, 0.717) is 16.5 Å². The minimum absolute atomic E-state index is 0.0774. The molecule has 1 aromatic rings. The topological polar surface area (TPSA) is 15.3 Å². The van der Waals surface area contributed by atoms with Crippen LogP contribution in [0, 0.1) is 5.82 Å². The van der Waals surface area contributed by atoms with Crippen LogP contribution in [0.1, 0.15) is 32.3 Å². The molecule has 1 aliphatic heterocycles. The van der Waals surface area contributed by atoms with Crippen LogP contribution in [-0.2, 0) is 6.54 Å². The molecule has 3 rings (SSSR count). The molecule has 0 radical (unpaired) electrons. The first-order chi connectivity index (χ1) is 9.63. The van der Waals surface area contributed by atoms with Crippen LogP contribution in [0.3, 0.4) is 0 Å². The maximum atomic E-state index is 14.4. The van der Waals surface area contributed by atoms with Gasteiger partial charge in [0, 0.05) is 36.2 Å². The lowest BCUT2D eigenvalue weighted by Crippen LogP contribution is -2.41. The summed E-state index contributed by atoms with van der Waals surface area (Å²) in [6, 6.07) is 6.13. The van der Waals surface area contributed by atoms with Crippen molar-refractivity contribution in [2.45, 2.75) is 49.8 Å². The number of thioether (sulfide) groups is 1. The van der Waals surface area contributed by atoms with E-state index in [1.807, 2.05) is 17.8 Å². The number of nitrogens with one attached hydrogen (secondary N) is 1. The number of para-hydroxylation sites is 1. The Labute approximate surface area is 125 Å². The summed E-state index contributed by atoms with van der Waals surface area (Å²) in [5, 5.41) is 4.62. The molecule has 0 aromatic heterocycles. The maximum absolute atomic E-state index is 14.4. The van der Waals surface area contributed by atoms with Gasteiger partial charge in [-0.3, -0.25) is 0 Å². The monoisotopic (exact) mass is 294 g/mol. The summed E-state index contributed by atoms with van der Waals surface area (Å²) in [6.07, 6.45) is 2.53. The minimum atomic E-state index is -0.0774. The van der Waals surface area contributed by atoms with Gasteiger partial charge in [0.1, 0.15) is 5.82 Å². The Hall–Kier alpha value is -0.740. The standard InChI is InChI=1S/C16H23FN2S/c1-11-9-19(10-12(2)20-11)16-13(4-3-5-15(16)17)8-18-14-6-7-14/h3-5,11-12,14,18H,6-10H2,1-2H3. The van der Waals surface area contributed by atoms with Crippen LogP contribution < -0.4 is 10.2 Å². The Bertz CT molecular complexity index is 466. The van der Waals surface area contributed by atoms with E-state index in [1.54, 1.807) is 6.07 Å². The Balaban J connectivity index is 1.81. The molecular formula is C16H23FN2S. The lowest BCUT2D eigenvalue weighted by atomic mass is 10.1. The molecule has 1 N–H and O–H groups in total. The molecular weight excluding hydrogens is 271 g/mol. The van der Waals surface area contributed by atoms with Crippen LogP contribution in [0.4, 0.5) is 10.1 Å². The summed E-state index contributed by atoms with van der Waals surface area (Å²) in [5.41, 5.74) is 1.92. The van der Waals surface area contributed by atoms with Gasteiger partial charge in [-0.1, -0.05) is 26.0 Å². The van der Waals surface area contributed by atoms with E-state index in [9.17, 15) is 4.39 Å². The highest BCUT2D eigenvalue weighted by Crippen LogP contribution is 2.32. The van der Waals surface area contributed by atoms with Gasteiger partial charge in [0.05, 0.1) is 5.69 Å². The van der Waals surface area contributed by atoms with E-state index >= 15 is 0 Å². The molecule has 1 aliphatic carbocycles. The summed E-state index contributed by atoms with van der Waals surface area (Å²) in [7, 11) is 0. The first kappa shape index (κ1) is 14.2. The summed E-state index contributed by atoms with van der Waals surface area (Å²) in [6.45, 7) is 7.12. The zero-order chi connectivity index (χ0) is 14.1. The Kier molecular flexibility index (Phi) is 4.22. The molecule has 110 valence electrons. The molecule has 2 nitrogen and oxygen atoms in total. The number of nitrogens with zero attached hydrogens (tertiary/aromatic N) is 1. The third kappa shape index (κ3) is 3.29. The fourth-order valence-corrected chi connectivity index (χ4v) is 4.28. The van der Waals surface area contributed by atoms with Gasteiger partial charge in [-0.25, -0.2) is 4.39 Å². The molecule has 1 saturated heterocycles. The molecule has 1 aromatic carbocycles. The number of rotatable bonds is 4. The first-order valence-corrected chi connectivity index (χ1v) is 8.49. The molecule has 0 amide bonds. The fraction of sp³-hybridized carbons (Fsp3) is 0.625. The second-order valence-corrected chi connectivity index (χ2v) is 7.95. The van der Waals surface area contributed by atoms with Gasteiger partial charge in [-0.15, -0.1) is 0 Å². The van der Waals surface area contributed by atoms with Crippen molar-refractivity contribution in [3.8, 4) is 0 Å². The number of hydrogen-bond acceptors (Lipinski definition) is 3.